The van der Waals surface area contributed by atoms with Crippen LogP contribution in [0.25, 0.3) is 0 Å². The molecule has 2 aliphatic rings. The van der Waals surface area contributed by atoms with Crippen LogP contribution in [0.2, 0.25) is 0 Å². The quantitative estimate of drug-likeness (QED) is 0.685. The average Bonchev–Trinajstić information content (AvgIpc) is 2.56. The molecule has 0 aromatic rings. The summed E-state index contributed by atoms with van der Waals surface area (Å²) < 4.78 is 0. The summed E-state index contributed by atoms with van der Waals surface area (Å²) in [6, 6.07) is -0.0339. The zero-order valence-corrected chi connectivity index (χ0v) is 9.35. The Bertz CT molecular complexity index is 308. The molecule has 2 amide bonds. The number of carbonyl (C=O) groups excluding carboxylic acids is 1. The largest absolute Gasteiger partial charge is 0.481 e. The number of hydrogen-bond donors (Lipinski definition) is 2. The van der Waals surface area contributed by atoms with E-state index in [1.807, 2.05) is 4.90 Å². The molecule has 0 radical (unpaired) electrons. The molecule has 2 fully saturated rings. The predicted molar refractivity (Wildman–Crippen MR) is 57.2 cm³/mol. The fourth-order valence-electron chi connectivity index (χ4n) is 2.38. The molecule has 2 atom stereocenters. The summed E-state index contributed by atoms with van der Waals surface area (Å²) in [7, 11) is 0. The molecule has 0 aromatic carbocycles. The van der Waals surface area contributed by atoms with Crippen molar-refractivity contribution in [3.63, 3.8) is 0 Å². The van der Waals surface area contributed by atoms with Gasteiger partial charge in [0, 0.05) is 32.2 Å². The van der Waals surface area contributed by atoms with Crippen molar-refractivity contribution >= 4 is 12.0 Å². The van der Waals surface area contributed by atoms with Crippen LogP contribution in [0.1, 0.15) is 13.3 Å². The van der Waals surface area contributed by atoms with Gasteiger partial charge in [-0.05, 0) is 6.92 Å². The van der Waals surface area contributed by atoms with Gasteiger partial charge in [0.1, 0.15) is 0 Å². The van der Waals surface area contributed by atoms with Gasteiger partial charge in [-0.15, -0.1) is 0 Å². The topological polar surface area (TPSA) is 72.9 Å². The molecular formula is C10H17N3O3. The fraction of sp³-hybridized carbons (Fsp3) is 0.800. The maximum atomic E-state index is 12.0. The number of carbonyl (C=O) groups is 2. The summed E-state index contributed by atoms with van der Waals surface area (Å²) in [5.74, 6) is -0.858. The van der Waals surface area contributed by atoms with Crippen LogP contribution in [0.5, 0.6) is 0 Å². The summed E-state index contributed by atoms with van der Waals surface area (Å²) in [5, 5.41) is 12.0. The van der Waals surface area contributed by atoms with E-state index in [1.54, 1.807) is 11.8 Å². The Hall–Kier alpha value is -1.30. The highest BCUT2D eigenvalue weighted by molar-refractivity contribution is 5.78. The number of hydrogen-bond acceptors (Lipinski definition) is 3. The Kier molecular flexibility index (Phi) is 3.00. The summed E-state index contributed by atoms with van der Waals surface area (Å²) in [5.41, 5.74) is 0. The van der Waals surface area contributed by atoms with Crippen molar-refractivity contribution in [2.24, 2.45) is 0 Å². The summed E-state index contributed by atoms with van der Waals surface area (Å²) in [6.07, 6.45) is 0.0136. The number of rotatable bonds is 3. The zero-order chi connectivity index (χ0) is 11.7. The van der Waals surface area contributed by atoms with Gasteiger partial charge >= 0.3 is 12.0 Å². The van der Waals surface area contributed by atoms with Crippen LogP contribution >= 0.6 is 0 Å². The van der Waals surface area contributed by atoms with E-state index in [2.05, 4.69) is 5.32 Å². The Balaban J connectivity index is 2.01. The molecular weight excluding hydrogens is 210 g/mol. The molecule has 0 unspecified atom stereocenters. The third-order valence-electron chi connectivity index (χ3n) is 3.25. The Morgan fingerprint density at radius 2 is 2.44 bits per heavy atom. The van der Waals surface area contributed by atoms with Crippen LogP contribution in [0.4, 0.5) is 4.79 Å². The smallest absolute Gasteiger partial charge is 0.320 e. The molecule has 6 heteroatoms. The van der Waals surface area contributed by atoms with Gasteiger partial charge in [-0.25, -0.2) is 4.79 Å². The first kappa shape index (κ1) is 11.2. The second kappa shape index (κ2) is 4.29. The Labute approximate surface area is 94.2 Å². The first-order valence-electron chi connectivity index (χ1n) is 5.59. The van der Waals surface area contributed by atoms with Crippen LogP contribution in [0.15, 0.2) is 0 Å². The van der Waals surface area contributed by atoms with Crippen LogP contribution in [0.3, 0.4) is 0 Å². The maximum absolute atomic E-state index is 12.0. The zero-order valence-electron chi connectivity index (χ0n) is 9.35. The normalized spacial score (nSPS) is 26.8. The van der Waals surface area contributed by atoms with Crippen LogP contribution in [-0.2, 0) is 4.79 Å². The Morgan fingerprint density at radius 1 is 1.69 bits per heavy atom. The number of fused-ring (bicyclic) bond motifs is 1. The lowest BCUT2D eigenvalue weighted by atomic mass is 10.2. The fourth-order valence-corrected chi connectivity index (χ4v) is 2.38. The van der Waals surface area contributed by atoms with Crippen molar-refractivity contribution in [3.05, 3.63) is 0 Å². The van der Waals surface area contributed by atoms with Gasteiger partial charge in [0.15, 0.2) is 0 Å². The molecule has 2 rings (SSSR count). The molecule has 2 N–H and O–H groups in total. The molecule has 16 heavy (non-hydrogen) atoms. The van der Waals surface area contributed by atoms with Crippen molar-refractivity contribution in [2.45, 2.75) is 25.4 Å². The lowest BCUT2D eigenvalue weighted by Gasteiger charge is -2.28. The minimum absolute atomic E-state index is 0.0136. The van der Waals surface area contributed by atoms with E-state index >= 15 is 0 Å². The number of amides is 2. The number of carboxylic acid groups (broad SMARTS) is 1. The van der Waals surface area contributed by atoms with Crippen molar-refractivity contribution in [2.75, 3.05) is 26.2 Å². The second-order valence-corrected chi connectivity index (χ2v) is 4.43. The third-order valence-corrected chi connectivity index (χ3v) is 3.25. The molecule has 0 saturated carbocycles. The number of nitrogens with zero attached hydrogens (tertiary/aromatic N) is 2. The van der Waals surface area contributed by atoms with Crippen molar-refractivity contribution in [1.29, 1.82) is 0 Å². The second-order valence-electron chi connectivity index (χ2n) is 4.43. The van der Waals surface area contributed by atoms with Gasteiger partial charge in [0.2, 0.25) is 0 Å². The molecule has 2 saturated heterocycles. The Morgan fingerprint density at radius 3 is 3.06 bits per heavy atom. The van der Waals surface area contributed by atoms with Crippen LogP contribution in [-0.4, -0.2) is 65.2 Å². The van der Waals surface area contributed by atoms with E-state index < -0.39 is 5.97 Å². The van der Waals surface area contributed by atoms with Crippen molar-refractivity contribution < 1.29 is 14.7 Å². The van der Waals surface area contributed by atoms with Crippen molar-refractivity contribution in [3.8, 4) is 0 Å². The highest BCUT2D eigenvalue weighted by Gasteiger charge is 2.40. The van der Waals surface area contributed by atoms with E-state index in [9.17, 15) is 9.59 Å². The summed E-state index contributed by atoms with van der Waals surface area (Å²) in [4.78, 5) is 26.1. The number of piperazine rings is 1. The van der Waals surface area contributed by atoms with E-state index in [1.165, 1.54) is 0 Å². The SMILES string of the molecule is C[C@H](CC(=O)O)N1C[C@@H]2CNCCN2C1=O. The number of nitrogens with one attached hydrogen (secondary N) is 1. The molecule has 0 aliphatic carbocycles. The van der Waals surface area contributed by atoms with E-state index in [-0.39, 0.29) is 24.5 Å². The predicted octanol–water partition coefficient (Wildman–Crippen LogP) is -0.441. The van der Waals surface area contributed by atoms with Gasteiger partial charge in [-0.1, -0.05) is 0 Å². The average molecular weight is 227 g/mol. The lowest BCUT2D eigenvalue weighted by Crippen LogP contribution is -2.50. The number of aliphatic carboxylic acids is 1. The molecule has 2 aliphatic heterocycles. The molecule has 2 heterocycles. The molecule has 0 bridgehead atoms. The monoisotopic (exact) mass is 227 g/mol. The van der Waals surface area contributed by atoms with Gasteiger partial charge in [0.25, 0.3) is 0 Å². The standard InChI is InChI=1S/C10H17N3O3/c1-7(4-9(14)15)13-6-8-5-11-2-3-12(8)10(13)16/h7-8,11H,2-6H2,1H3,(H,14,15)/t7-,8+/m1/s1. The molecule has 90 valence electrons. The molecule has 0 aromatic heterocycles. The maximum Gasteiger partial charge on any atom is 0.320 e. The minimum atomic E-state index is -0.858. The van der Waals surface area contributed by atoms with E-state index in [0.29, 0.717) is 6.54 Å². The highest BCUT2D eigenvalue weighted by Crippen LogP contribution is 2.20. The lowest BCUT2D eigenvalue weighted by molar-refractivity contribution is -0.137. The van der Waals surface area contributed by atoms with E-state index in [4.69, 9.17) is 5.11 Å². The number of carboxylic acids is 1. The first-order chi connectivity index (χ1) is 7.59. The summed E-state index contributed by atoms with van der Waals surface area (Å²) in [6.45, 7) is 4.78. The molecule has 6 nitrogen and oxygen atoms in total. The minimum Gasteiger partial charge on any atom is -0.481 e. The van der Waals surface area contributed by atoms with Crippen LogP contribution in [0, 0.1) is 0 Å². The highest BCUT2D eigenvalue weighted by atomic mass is 16.4. The molecule has 0 spiro atoms. The van der Waals surface area contributed by atoms with Gasteiger partial charge in [-0.2, -0.15) is 0 Å². The third kappa shape index (κ3) is 1.97. The van der Waals surface area contributed by atoms with Gasteiger partial charge in [-0.3, -0.25) is 4.79 Å². The van der Waals surface area contributed by atoms with E-state index in [0.717, 1.165) is 19.6 Å². The van der Waals surface area contributed by atoms with Gasteiger partial charge < -0.3 is 20.2 Å². The van der Waals surface area contributed by atoms with Crippen molar-refractivity contribution in [1.82, 2.24) is 15.1 Å². The van der Waals surface area contributed by atoms with Crippen LogP contribution < -0.4 is 5.32 Å². The van der Waals surface area contributed by atoms with Gasteiger partial charge in [0.05, 0.1) is 12.5 Å². The number of urea groups is 1. The first-order valence-corrected chi connectivity index (χ1v) is 5.59. The summed E-state index contributed by atoms with van der Waals surface area (Å²) >= 11 is 0.